The molecule has 0 amide bonds. The number of hydrogen-bond acceptors (Lipinski definition) is 3. The van der Waals surface area contributed by atoms with Crippen LogP contribution in [0.4, 0.5) is 0 Å². The molecule has 0 bridgehead atoms. The van der Waals surface area contributed by atoms with Crippen LogP contribution in [0.15, 0.2) is 60.7 Å². The third-order valence-electron chi connectivity index (χ3n) is 5.83. The lowest BCUT2D eigenvalue weighted by molar-refractivity contribution is -0.0426. The summed E-state index contributed by atoms with van der Waals surface area (Å²) in [7, 11) is -1.78. The summed E-state index contributed by atoms with van der Waals surface area (Å²) >= 11 is 0. The molecule has 2 aromatic carbocycles. The molecule has 1 fully saturated rings. The molecule has 1 saturated heterocycles. The van der Waals surface area contributed by atoms with Crippen molar-refractivity contribution in [1.29, 1.82) is 0 Å². The molecular weight excluding hydrogens is 340 g/mol. The van der Waals surface area contributed by atoms with E-state index in [1.807, 2.05) is 18.2 Å². The maximum atomic E-state index is 9.94. The predicted molar refractivity (Wildman–Crippen MR) is 108 cm³/mol. The van der Waals surface area contributed by atoms with Crippen molar-refractivity contribution in [3.63, 3.8) is 0 Å². The van der Waals surface area contributed by atoms with Crippen molar-refractivity contribution in [2.45, 2.75) is 44.4 Å². The molecule has 1 aliphatic rings. The van der Waals surface area contributed by atoms with Gasteiger partial charge in [0, 0.05) is 0 Å². The Labute approximate surface area is 158 Å². The van der Waals surface area contributed by atoms with Gasteiger partial charge in [0.2, 0.25) is 0 Å². The fourth-order valence-corrected chi connectivity index (χ4v) is 8.48. The van der Waals surface area contributed by atoms with E-state index in [1.54, 1.807) is 0 Å². The first-order valence-electron chi connectivity index (χ1n) is 9.47. The van der Waals surface area contributed by atoms with Crippen molar-refractivity contribution in [1.82, 2.24) is 0 Å². The minimum absolute atomic E-state index is 0.0383. The average Bonchev–Trinajstić information content (AvgIpc) is 3.00. The van der Waals surface area contributed by atoms with Gasteiger partial charge in [-0.1, -0.05) is 85.9 Å². The summed E-state index contributed by atoms with van der Waals surface area (Å²) in [6.07, 6.45) is -0.0615. The summed E-state index contributed by atoms with van der Waals surface area (Å²) in [5, 5.41) is 11.4. The average molecular weight is 371 g/mol. The Morgan fingerprint density at radius 2 is 1.58 bits per heavy atom. The summed E-state index contributed by atoms with van der Waals surface area (Å²) in [5.41, 5.74) is 1.55. The lowest BCUT2D eigenvalue weighted by Crippen LogP contribution is -2.51. The Morgan fingerprint density at radius 1 is 0.962 bits per heavy atom. The highest BCUT2D eigenvalue weighted by atomic mass is 28.3. The molecular formula is C22H30O3Si. The topological polar surface area (TPSA) is 38.7 Å². The van der Waals surface area contributed by atoms with Gasteiger partial charge >= 0.3 is 0 Å². The van der Waals surface area contributed by atoms with Gasteiger partial charge < -0.3 is 14.6 Å². The van der Waals surface area contributed by atoms with E-state index >= 15 is 0 Å². The normalized spacial score (nSPS) is 26.2. The maximum absolute atomic E-state index is 9.94. The van der Waals surface area contributed by atoms with Crippen LogP contribution in [0.5, 0.6) is 0 Å². The highest BCUT2D eigenvalue weighted by Gasteiger charge is 2.50. The highest BCUT2D eigenvalue weighted by Crippen LogP contribution is 2.43. The van der Waals surface area contributed by atoms with Crippen LogP contribution >= 0.6 is 0 Å². The maximum Gasteiger partial charge on any atom is 0.0867 e. The van der Waals surface area contributed by atoms with E-state index in [9.17, 15) is 5.11 Å². The molecule has 2 aromatic rings. The van der Waals surface area contributed by atoms with Gasteiger partial charge in [0.15, 0.2) is 0 Å². The smallest absolute Gasteiger partial charge is 0.0867 e. The van der Waals surface area contributed by atoms with E-state index in [0.717, 1.165) is 0 Å². The molecule has 4 atom stereocenters. The fraction of sp³-hybridized carbons (Fsp3) is 0.455. The van der Waals surface area contributed by atoms with Gasteiger partial charge in [0.25, 0.3) is 0 Å². The molecule has 26 heavy (non-hydrogen) atoms. The SMILES string of the molecule is C[C@@H]1[C@@H]([Si](C)(C)c2ccccc2)[C@H](CO)O[C@@H]1COCc1ccccc1. The molecule has 1 heterocycles. The molecule has 4 heteroatoms. The van der Waals surface area contributed by atoms with Crippen molar-refractivity contribution in [3.8, 4) is 0 Å². The third-order valence-corrected chi connectivity index (χ3v) is 10.2. The van der Waals surface area contributed by atoms with Crippen LogP contribution in [-0.4, -0.2) is 38.6 Å². The standard InChI is InChI=1S/C22H30O3Si/c1-17-21(16-24-15-18-10-6-4-7-11-18)25-20(14-23)22(17)26(2,3)19-12-8-5-9-13-19/h4-13,17,20-23H,14-16H2,1-3H3/t17-,20-,21+,22+/m0/s1. The third kappa shape index (κ3) is 4.09. The van der Waals surface area contributed by atoms with Gasteiger partial charge in [-0.15, -0.1) is 0 Å². The fourth-order valence-electron chi connectivity index (χ4n) is 4.40. The molecule has 1 aliphatic heterocycles. The van der Waals surface area contributed by atoms with E-state index in [2.05, 4.69) is 62.5 Å². The van der Waals surface area contributed by atoms with Crippen LogP contribution in [-0.2, 0) is 16.1 Å². The zero-order valence-corrected chi connectivity index (χ0v) is 17.0. The Kier molecular flexibility index (Phi) is 6.30. The Bertz CT molecular complexity index is 674. The van der Waals surface area contributed by atoms with E-state index in [0.29, 0.717) is 24.7 Å². The van der Waals surface area contributed by atoms with Gasteiger partial charge in [-0.25, -0.2) is 0 Å². The Hall–Kier alpha value is -1.46. The number of aliphatic hydroxyl groups excluding tert-OH is 1. The monoisotopic (exact) mass is 370 g/mol. The van der Waals surface area contributed by atoms with Crippen molar-refractivity contribution in [2.75, 3.05) is 13.2 Å². The van der Waals surface area contributed by atoms with E-state index in [1.165, 1.54) is 10.8 Å². The molecule has 140 valence electrons. The Balaban J connectivity index is 1.67. The Morgan fingerprint density at radius 3 is 2.19 bits per heavy atom. The largest absolute Gasteiger partial charge is 0.394 e. The van der Waals surface area contributed by atoms with E-state index < -0.39 is 8.07 Å². The van der Waals surface area contributed by atoms with Gasteiger partial charge in [-0.2, -0.15) is 0 Å². The van der Waals surface area contributed by atoms with Crippen LogP contribution in [0.3, 0.4) is 0 Å². The van der Waals surface area contributed by atoms with Gasteiger partial charge in [-0.3, -0.25) is 0 Å². The van der Waals surface area contributed by atoms with Gasteiger partial charge in [-0.05, 0) is 17.0 Å². The second-order valence-corrected chi connectivity index (χ2v) is 12.6. The first kappa shape index (κ1) is 19.3. The molecule has 0 saturated carbocycles. The number of benzene rings is 2. The van der Waals surface area contributed by atoms with Crippen LogP contribution in [0.25, 0.3) is 0 Å². The van der Waals surface area contributed by atoms with Crippen molar-refractivity contribution >= 4 is 13.3 Å². The van der Waals surface area contributed by atoms with Crippen LogP contribution < -0.4 is 5.19 Å². The second kappa shape index (κ2) is 8.48. The minimum atomic E-state index is -1.78. The minimum Gasteiger partial charge on any atom is -0.394 e. The summed E-state index contributed by atoms with van der Waals surface area (Å²) in [6, 6.07) is 21.0. The van der Waals surface area contributed by atoms with Crippen molar-refractivity contribution < 1.29 is 14.6 Å². The first-order chi connectivity index (χ1) is 12.5. The van der Waals surface area contributed by atoms with Gasteiger partial charge in [0.05, 0.1) is 40.1 Å². The zero-order chi connectivity index (χ0) is 18.6. The highest BCUT2D eigenvalue weighted by molar-refractivity contribution is 6.91. The summed E-state index contributed by atoms with van der Waals surface area (Å²) in [4.78, 5) is 0. The van der Waals surface area contributed by atoms with E-state index in [-0.39, 0.29) is 18.8 Å². The lowest BCUT2D eigenvalue weighted by atomic mass is 10.0. The molecule has 0 spiro atoms. The lowest BCUT2D eigenvalue weighted by Gasteiger charge is -2.35. The van der Waals surface area contributed by atoms with Crippen LogP contribution in [0.1, 0.15) is 12.5 Å². The zero-order valence-electron chi connectivity index (χ0n) is 16.0. The van der Waals surface area contributed by atoms with Crippen LogP contribution in [0, 0.1) is 5.92 Å². The van der Waals surface area contributed by atoms with Crippen molar-refractivity contribution in [3.05, 3.63) is 66.2 Å². The molecule has 1 N–H and O–H groups in total. The molecule has 0 aromatic heterocycles. The second-order valence-electron chi connectivity index (χ2n) is 7.87. The molecule has 0 radical (unpaired) electrons. The summed E-state index contributed by atoms with van der Waals surface area (Å²) < 4.78 is 12.2. The molecule has 0 unspecified atom stereocenters. The number of ether oxygens (including phenoxy) is 2. The quantitative estimate of drug-likeness (QED) is 0.757. The van der Waals surface area contributed by atoms with Crippen molar-refractivity contribution in [2.24, 2.45) is 5.92 Å². The van der Waals surface area contributed by atoms with E-state index in [4.69, 9.17) is 9.47 Å². The molecule has 0 aliphatic carbocycles. The summed E-state index contributed by atoms with van der Waals surface area (Å²) in [6.45, 7) is 8.29. The molecule has 3 rings (SSSR count). The summed E-state index contributed by atoms with van der Waals surface area (Å²) in [5.74, 6) is 0.366. The number of aliphatic hydroxyl groups is 1. The predicted octanol–water partition coefficient (Wildman–Crippen LogP) is 3.58. The number of hydrogen-bond donors (Lipinski definition) is 1. The first-order valence-corrected chi connectivity index (χ1v) is 12.5. The molecule has 3 nitrogen and oxygen atoms in total. The van der Waals surface area contributed by atoms with Gasteiger partial charge in [0.1, 0.15) is 0 Å². The van der Waals surface area contributed by atoms with Crippen LogP contribution in [0.2, 0.25) is 18.6 Å². The number of rotatable bonds is 7.